The first-order chi connectivity index (χ1) is 25.4. The zero-order chi connectivity index (χ0) is 39.1. The highest BCUT2D eigenvalue weighted by molar-refractivity contribution is 6.99. The lowest BCUT2D eigenvalue weighted by molar-refractivity contribution is -0.131. The maximum Gasteiger partial charge on any atom is 0.261 e. The van der Waals surface area contributed by atoms with E-state index in [0.717, 1.165) is 10.4 Å². The highest BCUT2D eigenvalue weighted by Gasteiger charge is 2.50. The largest absolute Gasteiger partial charge is 0.405 e. The normalized spacial score (nSPS) is 16.5. The molecule has 0 bridgehead atoms. The third kappa shape index (κ3) is 17.2. The lowest BCUT2D eigenvalue weighted by Gasteiger charge is -2.43. The molecule has 16 heteroatoms. The Morgan fingerprint density at radius 2 is 0.774 bits per heavy atom. The Labute approximate surface area is 313 Å². The van der Waals surface area contributed by atoms with Crippen molar-refractivity contribution in [3.8, 4) is 0 Å². The average Bonchev–Trinajstić information content (AvgIpc) is 3.16. The number of aliphatic hydroxyl groups excluding tert-OH is 8. The van der Waals surface area contributed by atoms with Crippen LogP contribution in [0.2, 0.25) is 5.04 Å². The first kappa shape index (κ1) is 47.2. The molecule has 2 aromatic rings. The van der Waals surface area contributed by atoms with Gasteiger partial charge < -0.3 is 73.7 Å². The van der Waals surface area contributed by atoms with E-state index in [9.17, 15) is 35.7 Å². The van der Waals surface area contributed by atoms with Crippen LogP contribution in [-0.2, 0) is 32.8 Å². The van der Waals surface area contributed by atoms with Crippen LogP contribution in [0.4, 0.5) is 0 Å². The van der Waals surface area contributed by atoms with Gasteiger partial charge in [-0.3, -0.25) is 0 Å². The molecular formula is C37H62O15Si. The average molecular weight is 775 g/mol. The number of aliphatic hydroxyl groups is 8. The van der Waals surface area contributed by atoms with Crippen molar-refractivity contribution in [3.05, 3.63) is 60.7 Å². The van der Waals surface area contributed by atoms with Gasteiger partial charge >= 0.3 is 0 Å². The lowest BCUT2D eigenvalue weighted by Crippen LogP contribution is -2.67. The maximum atomic E-state index is 9.93. The van der Waals surface area contributed by atoms with Gasteiger partial charge in [-0.05, 0) is 15.4 Å². The zero-order valence-electron chi connectivity index (χ0n) is 31.1. The monoisotopic (exact) mass is 774 g/mol. The summed E-state index contributed by atoms with van der Waals surface area (Å²) in [5.74, 6) is 0. The van der Waals surface area contributed by atoms with Crippen LogP contribution in [0.15, 0.2) is 60.7 Å². The molecule has 15 nitrogen and oxygen atoms in total. The fourth-order valence-corrected chi connectivity index (χ4v) is 9.95. The summed E-state index contributed by atoms with van der Waals surface area (Å²) in [6, 6.07) is 20.1. The first-order valence-corrected chi connectivity index (χ1v) is 19.8. The van der Waals surface area contributed by atoms with Crippen molar-refractivity contribution in [2.75, 3.05) is 92.5 Å². The highest BCUT2D eigenvalue weighted by Crippen LogP contribution is 2.37. The van der Waals surface area contributed by atoms with Gasteiger partial charge in [-0.25, -0.2) is 0 Å². The molecule has 8 N–H and O–H groups in total. The van der Waals surface area contributed by atoms with E-state index < -0.39 is 77.5 Å². The SMILES string of the molecule is CC(C)(C)[Si](OCC(COCC(COCC(O)CO)OCC(O)CO)OCC(COCC(O)CO)OCC(O)CO)(c1ccccc1)c1ccccc1. The van der Waals surface area contributed by atoms with Crippen LogP contribution < -0.4 is 10.4 Å². The summed E-state index contributed by atoms with van der Waals surface area (Å²) >= 11 is 0. The Hall–Kier alpha value is -1.94. The Bertz CT molecular complexity index is 1140. The number of benzene rings is 2. The third-order valence-electron chi connectivity index (χ3n) is 8.15. The minimum Gasteiger partial charge on any atom is -0.405 e. The minimum absolute atomic E-state index is 0.00402. The van der Waals surface area contributed by atoms with E-state index in [2.05, 4.69) is 45.0 Å². The van der Waals surface area contributed by atoms with Crippen molar-refractivity contribution >= 4 is 18.7 Å². The number of hydrogen-bond acceptors (Lipinski definition) is 15. The molecule has 0 spiro atoms. The molecule has 0 heterocycles. The van der Waals surface area contributed by atoms with E-state index in [-0.39, 0.29) is 71.1 Å². The number of hydrogen-bond donors (Lipinski definition) is 8. The fraction of sp³-hybridized carbons (Fsp3) is 0.676. The second-order valence-corrected chi connectivity index (χ2v) is 18.1. The van der Waals surface area contributed by atoms with E-state index in [0.29, 0.717) is 0 Å². The molecule has 53 heavy (non-hydrogen) atoms. The van der Waals surface area contributed by atoms with Gasteiger partial charge in [0.25, 0.3) is 8.32 Å². The van der Waals surface area contributed by atoms with Gasteiger partial charge in [0.2, 0.25) is 0 Å². The molecule has 0 amide bonds. The Morgan fingerprint density at radius 1 is 0.453 bits per heavy atom. The predicted molar refractivity (Wildman–Crippen MR) is 198 cm³/mol. The topological polar surface area (TPSA) is 226 Å². The molecule has 0 aromatic heterocycles. The second-order valence-electron chi connectivity index (χ2n) is 13.8. The van der Waals surface area contributed by atoms with E-state index in [4.69, 9.17) is 38.0 Å². The standard InChI is InChI=1S/C37H62O15Si/c1-37(2,3)53(35-10-6-4-7-11-35,36-12-8-5-9-13-36)52-27-34(51-26-33(50-21-31(45)17-41)24-47-19-29(43)15-39)25-48-23-32(49-20-30(44)16-40)22-46-18-28(42)14-38/h4-13,28-34,38-45H,14-27H2,1-3H3. The van der Waals surface area contributed by atoms with Gasteiger partial charge in [0.1, 0.15) is 42.7 Å². The molecule has 7 unspecified atom stereocenters. The second kappa shape index (κ2) is 26.0. The van der Waals surface area contributed by atoms with Gasteiger partial charge in [-0.2, -0.15) is 0 Å². The van der Waals surface area contributed by atoms with Crippen molar-refractivity contribution in [1.82, 2.24) is 0 Å². The van der Waals surface area contributed by atoms with E-state index in [1.165, 1.54) is 0 Å². The van der Waals surface area contributed by atoms with Gasteiger partial charge in [0, 0.05) is 0 Å². The number of rotatable bonds is 30. The third-order valence-corrected chi connectivity index (χ3v) is 13.2. The van der Waals surface area contributed by atoms with E-state index >= 15 is 0 Å². The quantitative estimate of drug-likeness (QED) is 0.0409. The van der Waals surface area contributed by atoms with Crippen LogP contribution in [0.3, 0.4) is 0 Å². The van der Waals surface area contributed by atoms with Crippen LogP contribution in [0, 0.1) is 0 Å². The van der Waals surface area contributed by atoms with Crippen LogP contribution in [0.25, 0.3) is 0 Å². The summed E-state index contributed by atoms with van der Waals surface area (Å²) in [6.07, 6.45) is -6.61. The molecular weight excluding hydrogens is 712 g/mol. The lowest BCUT2D eigenvalue weighted by atomic mass is 10.2. The molecule has 0 aliphatic rings. The Morgan fingerprint density at radius 3 is 1.15 bits per heavy atom. The van der Waals surface area contributed by atoms with Crippen LogP contribution in [0.1, 0.15) is 20.8 Å². The molecule has 0 aliphatic carbocycles. The van der Waals surface area contributed by atoms with Gasteiger partial charge in [0.05, 0.1) is 92.5 Å². The Balaban J connectivity index is 2.36. The Kier molecular flexibility index (Phi) is 23.2. The van der Waals surface area contributed by atoms with Crippen molar-refractivity contribution in [2.24, 2.45) is 0 Å². The fourth-order valence-electron chi connectivity index (χ4n) is 5.36. The molecule has 0 radical (unpaired) electrons. The van der Waals surface area contributed by atoms with Crippen LogP contribution in [-0.4, -0.2) is 184 Å². The molecule has 2 rings (SSSR count). The summed E-state index contributed by atoms with van der Waals surface area (Å²) in [7, 11) is -3.01. The van der Waals surface area contributed by atoms with Gasteiger partial charge in [-0.15, -0.1) is 0 Å². The van der Waals surface area contributed by atoms with E-state index in [1.807, 2.05) is 36.4 Å². The number of ether oxygens (including phenoxy) is 6. The molecule has 304 valence electrons. The van der Waals surface area contributed by atoms with Crippen molar-refractivity contribution in [1.29, 1.82) is 0 Å². The molecule has 7 atom stereocenters. The molecule has 2 aromatic carbocycles. The smallest absolute Gasteiger partial charge is 0.261 e. The first-order valence-electron chi connectivity index (χ1n) is 17.9. The highest BCUT2D eigenvalue weighted by atomic mass is 28.4. The summed E-state index contributed by atoms with van der Waals surface area (Å²) in [5.41, 5.74) is 0. The summed E-state index contributed by atoms with van der Waals surface area (Å²) in [5, 5.41) is 77.9. The van der Waals surface area contributed by atoms with Crippen LogP contribution >= 0.6 is 0 Å². The van der Waals surface area contributed by atoms with Gasteiger partial charge in [-0.1, -0.05) is 81.4 Å². The summed E-state index contributed by atoms with van der Waals surface area (Å²) in [4.78, 5) is 0. The van der Waals surface area contributed by atoms with Crippen molar-refractivity contribution in [2.45, 2.75) is 68.5 Å². The summed E-state index contributed by atoms with van der Waals surface area (Å²) in [6.45, 7) is 3.63. The maximum absolute atomic E-state index is 9.93. The van der Waals surface area contributed by atoms with Crippen LogP contribution in [0.5, 0.6) is 0 Å². The summed E-state index contributed by atoms with van der Waals surface area (Å²) < 4.78 is 42.1. The minimum atomic E-state index is -3.01. The van der Waals surface area contributed by atoms with Crippen molar-refractivity contribution < 1.29 is 73.7 Å². The van der Waals surface area contributed by atoms with E-state index in [1.54, 1.807) is 0 Å². The molecule has 0 aliphatic heterocycles. The molecule has 0 fully saturated rings. The van der Waals surface area contributed by atoms with Crippen molar-refractivity contribution in [3.63, 3.8) is 0 Å². The predicted octanol–water partition coefficient (Wildman–Crippen LogP) is -1.82. The molecule has 0 saturated heterocycles. The molecule has 0 saturated carbocycles. The zero-order valence-corrected chi connectivity index (χ0v) is 32.1. The van der Waals surface area contributed by atoms with Gasteiger partial charge in [0.15, 0.2) is 0 Å².